The lowest BCUT2D eigenvalue weighted by atomic mass is 10.2. The SMILES string of the molecule is Cc1c(C(=O)OCCc2ccccc2)sc2ncnc(Nc3ccc(S(=O)(=O)Nc4ccccn4)cc3)c12. The number of rotatable bonds is 9. The van der Waals surface area contributed by atoms with Gasteiger partial charge in [-0.2, -0.15) is 0 Å². The normalized spacial score (nSPS) is 11.3. The Kier molecular flexibility index (Phi) is 7.29. The number of pyridine rings is 1. The highest BCUT2D eigenvalue weighted by molar-refractivity contribution is 7.92. The summed E-state index contributed by atoms with van der Waals surface area (Å²) >= 11 is 1.25. The van der Waals surface area contributed by atoms with Crippen molar-refractivity contribution >= 4 is 54.9 Å². The van der Waals surface area contributed by atoms with E-state index in [0.717, 1.165) is 11.1 Å². The molecular weight excluding hydrogens is 522 g/mol. The lowest BCUT2D eigenvalue weighted by molar-refractivity contribution is 0.0514. The van der Waals surface area contributed by atoms with E-state index >= 15 is 0 Å². The fourth-order valence-corrected chi connectivity index (χ4v) is 5.86. The van der Waals surface area contributed by atoms with Crippen LogP contribution in [0.3, 0.4) is 0 Å². The minimum absolute atomic E-state index is 0.0915. The van der Waals surface area contributed by atoms with Gasteiger partial charge in [0.25, 0.3) is 10.0 Å². The molecule has 0 saturated carbocycles. The van der Waals surface area contributed by atoms with Crippen molar-refractivity contribution in [2.45, 2.75) is 18.2 Å². The molecule has 2 N–H and O–H groups in total. The van der Waals surface area contributed by atoms with Gasteiger partial charge in [0.05, 0.1) is 16.9 Å². The van der Waals surface area contributed by atoms with Crippen LogP contribution >= 0.6 is 11.3 Å². The fourth-order valence-electron chi connectivity index (χ4n) is 3.81. The first-order valence-electron chi connectivity index (χ1n) is 11.7. The molecule has 3 heterocycles. The molecule has 192 valence electrons. The van der Waals surface area contributed by atoms with E-state index < -0.39 is 16.0 Å². The van der Waals surface area contributed by atoms with Crippen molar-refractivity contribution in [1.29, 1.82) is 0 Å². The highest BCUT2D eigenvalue weighted by Crippen LogP contribution is 2.35. The molecule has 0 saturated heterocycles. The first-order valence-corrected chi connectivity index (χ1v) is 14.0. The van der Waals surface area contributed by atoms with E-state index in [9.17, 15) is 13.2 Å². The minimum atomic E-state index is -3.79. The number of aromatic nitrogens is 3. The highest BCUT2D eigenvalue weighted by Gasteiger charge is 2.21. The van der Waals surface area contributed by atoms with Crippen LogP contribution in [0.1, 0.15) is 20.8 Å². The molecule has 0 bridgehead atoms. The number of ether oxygens (including phenoxy) is 1. The Morgan fingerprint density at radius 2 is 1.71 bits per heavy atom. The highest BCUT2D eigenvalue weighted by atomic mass is 32.2. The number of nitrogens with one attached hydrogen (secondary N) is 2. The molecule has 0 aliphatic carbocycles. The average molecular weight is 546 g/mol. The topological polar surface area (TPSA) is 123 Å². The van der Waals surface area contributed by atoms with E-state index in [2.05, 4.69) is 25.0 Å². The molecule has 0 fully saturated rings. The Bertz CT molecular complexity index is 1670. The van der Waals surface area contributed by atoms with Gasteiger partial charge in [-0.25, -0.2) is 28.2 Å². The largest absolute Gasteiger partial charge is 0.461 e. The summed E-state index contributed by atoms with van der Waals surface area (Å²) in [6, 6.07) is 21.1. The van der Waals surface area contributed by atoms with E-state index in [0.29, 0.717) is 33.0 Å². The average Bonchev–Trinajstić information content (AvgIpc) is 3.27. The van der Waals surface area contributed by atoms with E-state index in [1.807, 2.05) is 37.3 Å². The number of thiophene rings is 1. The maximum atomic E-state index is 12.8. The molecular formula is C27H23N5O4S2. The first-order chi connectivity index (χ1) is 18.4. The van der Waals surface area contributed by atoms with E-state index in [1.54, 1.807) is 30.3 Å². The molecule has 0 aliphatic rings. The summed E-state index contributed by atoms with van der Waals surface area (Å²) < 4.78 is 33.3. The number of fused-ring (bicyclic) bond motifs is 1. The Balaban J connectivity index is 1.31. The van der Waals surface area contributed by atoms with Crippen molar-refractivity contribution in [2.75, 3.05) is 16.6 Å². The molecule has 11 heteroatoms. The number of hydrogen-bond acceptors (Lipinski definition) is 9. The second-order valence-corrected chi connectivity index (χ2v) is 11.0. The van der Waals surface area contributed by atoms with Crippen molar-refractivity contribution in [3.05, 3.63) is 101 Å². The number of aryl methyl sites for hydroxylation is 1. The Labute approximate surface area is 223 Å². The van der Waals surface area contributed by atoms with Crippen molar-refractivity contribution in [1.82, 2.24) is 15.0 Å². The van der Waals surface area contributed by atoms with Crippen LogP contribution in [-0.4, -0.2) is 35.9 Å². The van der Waals surface area contributed by atoms with Crippen LogP contribution < -0.4 is 10.0 Å². The predicted octanol–water partition coefficient (Wildman–Crippen LogP) is 5.34. The molecule has 0 spiro atoms. The summed E-state index contributed by atoms with van der Waals surface area (Å²) in [6.07, 6.45) is 3.56. The van der Waals surface area contributed by atoms with Gasteiger partial charge in [0.15, 0.2) is 0 Å². The van der Waals surface area contributed by atoms with E-state index in [1.165, 1.54) is 36.0 Å². The lowest BCUT2D eigenvalue weighted by Gasteiger charge is -2.10. The molecule has 5 aromatic rings. The van der Waals surface area contributed by atoms with Crippen LogP contribution in [-0.2, 0) is 21.2 Å². The van der Waals surface area contributed by atoms with Crippen LogP contribution in [0.2, 0.25) is 0 Å². The molecule has 0 atom stereocenters. The van der Waals surface area contributed by atoms with E-state index in [4.69, 9.17) is 4.74 Å². The quantitative estimate of drug-likeness (QED) is 0.238. The maximum absolute atomic E-state index is 12.8. The summed E-state index contributed by atoms with van der Waals surface area (Å²) in [5.41, 5.74) is 2.44. The molecule has 0 aliphatic heterocycles. The zero-order valence-electron chi connectivity index (χ0n) is 20.3. The molecule has 9 nitrogen and oxygen atoms in total. The fraction of sp³-hybridized carbons (Fsp3) is 0.111. The third-order valence-electron chi connectivity index (χ3n) is 5.71. The molecule has 3 aromatic heterocycles. The number of esters is 1. The number of hydrogen-bond donors (Lipinski definition) is 2. The summed E-state index contributed by atoms with van der Waals surface area (Å²) in [7, 11) is -3.79. The van der Waals surface area contributed by atoms with Gasteiger partial charge in [-0.05, 0) is 54.4 Å². The van der Waals surface area contributed by atoms with Gasteiger partial charge in [0, 0.05) is 18.3 Å². The lowest BCUT2D eigenvalue weighted by Crippen LogP contribution is -2.13. The van der Waals surface area contributed by atoms with Crippen LogP contribution in [0.5, 0.6) is 0 Å². The number of sulfonamides is 1. The smallest absolute Gasteiger partial charge is 0.348 e. The summed E-state index contributed by atoms with van der Waals surface area (Å²) in [6.45, 7) is 2.11. The van der Waals surface area contributed by atoms with Crippen LogP contribution in [0.15, 0.2) is 90.2 Å². The van der Waals surface area contributed by atoms with Crippen molar-refractivity contribution < 1.29 is 17.9 Å². The maximum Gasteiger partial charge on any atom is 0.348 e. The number of benzene rings is 2. The van der Waals surface area contributed by atoms with Crippen LogP contribution in [0.4, 0.5) is 17.3 Å². The standard InChI is InChI=1S/C27H23N5O4S2/c1-18-23-25(31-20-10-12-21(13-11-20)38(34,35)32-22-9-5-6-15-28-22)29-17-30-26(23)37-24(18)27(33)36-16-14-19-7-3-2-4-8-19/h2-13,15,17H,14,16H2,1H3,(H,28,32)(H,29,30,31). The number of anilines is 3. The second-order valence-electron chi connectivity index (χ2n) is 8.30. The summed E-state index contributed by atoms with van der Waals surface area (Å²) in [5.74, 6) is 0.344. The van der Waals surface area contributed by atoms with Crippen LogP contribution in [0.25, 0.3) is 10.2 Å². The van der Waals surface area contributed by atoms with Gasteiger partial charge in [-0.3, -0.25) is 4.72 Å². The predicted molar refractivity (Wildman–Crippen MR) is 147 cm³/mol. The Morgan fingerprint density at radius 3 is 2.45 bits per heavy atom. The number of carbonyl (C=O) groups is 1. The van der Waals surface area contributed by atoms with Gasteiger partial charge < -0.3 is 10.1 Å². The number of carbonyl (C=O) groups excluding carboxylic acids is 1. The third kappa shape index (κ3) is 5.63. The third-order valence-corrected chi connectivity index (χ3v) is 8.26. The Hall–Kier alpha value is -4.35. The first kappa shape index (κ1) is 25.3. The van der Waals surface area contributed by atoms with Crippen molar-refractivity contribution in [3.8, 4) is 0 Å². The van der Waals surface area contributed by atoms with Gasteiger partial charge in [-0.15, -0.1) is 11.3 Å². The van der Waals surface area contributed by atoms with Gasteiger partial charge in [0.1, 0.15) is 27.7 Å². The molecule has 0 unspecified atom stereocenters. The Morgan fingerprint density at radius 1 is 0.947 bits per heavy atom. The van der Waals surface area contributed by atoms with Gasteiger partial charge >= 0.3 is 5.97 Å². The summed E-state index contributed by atoms with van der Waals surface area (Å²) in [4.78, 5) is 26.7. The monoisotopic (exact) mass is 545 g/mol. The molecule has 0 radical (unpaired) electrons. The second kappa shape index (κ2) is 11.0. The number of nitrogens with zero attached hydrogens (tertiary/aromatic N) is 3. The van der Waals surface area contributed by atoms with E-state index in [-0.39, 0.29) is 17.3 Å². The van der Waals surface area contributed by atoms with Gasteiger partial charge in [0.2, 0.25) is 0 Å². The molecule has 2 aromatic carbocycles. The zero-order valence-corrected chi connectivity index (χ0v) is 21.9. The molecule has 5 rings (SSSR count). The molecule has 38 heavy (non-hydrogen) atoms. The summed E-state index contributed by atoms with van der Waals surface area (Å²) in [5, 5.41) is 3.92. The van der Waals surface area contributed by atoms with Crippen LogP contribution in [0, 0.1) is 6.92 Å². The van der Waals surface area contributed by atoms with Crippen molar-refractivity contribution in [3.63, 3.8) is 0 Å². The van der Waals surface area contributed by atoms with Gasteiger partial charge in [-0.1, -0.05) is 36.4 Å². The zero-order chi connectivity index (χ0) is 26.5. The molecule has 0 amide bonds. The van der Waals surface area contributed by atoms with Crippen molar-refractivity contribution in [2.24, 2.45) is 0 Å². The minimum Gasteiger partial charge on any atom is -0.461 e.